The Balaban J connectivity index is 1.57. The van der Waals surface area contributed by atoms with Gasteiger partial charge in [-0.1, -0.05) is 12.1 Å². The van der Waals surface area contributed by atoms with Crippen LogP contribution in [0.2, 0.25) is 0 Å². The largest absolute Gasteiger partial charge is 0.481 e. The molecule has 0 saturated heterocycles. The first kappa shape index (κ1) is 18.5. The SMILES string of the molecule is Cc1cccc(OC(C)C(=O)NNC(=O)c2csc3c2CCCC3)c1C. The number of hydrogen-bond acceptors (Lipinski definition) is 4. The lowest BCUT2D eigenvalue weighted by molar-refractivity contribution is -0.128. The van der Waals surface area contributed by atoms with Crippen molar-refractivity contribution in [3.63, 3.8) is 0 Å². The van der Waals surface area contributed by atoms with Gasteiger partial charge in [-0.25, -0.2) is 0 Å². The molecule has 0 bridgehead atoms. The Kier molecular flexibility index (Phi) is 5.61. The number of nitrogens with one attached hydrogen (secondary N) is 2. The molecule has 1 aromatic heterocycles. The van der Waals surface area contributed by atoms with Gasteiger partial charge in [0.2, 0.25) is 0 Å². The molecule has 2 amide bonds. The lowest BCUT2D eigenvalue weighted by Gasteiger charge is -2.17. The maximum atomic E-state index is 12.4. The van der Waals surface area contributed by atoms with Crippen LogP contribution in [0.1, 0.15) is 51.7 Å². The average Bonchev–Trinajstić information content (AvgIpc) is 3.07. The van der Waals surface area contributed by atoms with Crippen molar-refractivity contribution in [2.75, 3.05) is 0 Å². The zero-order chi connectivity index (χ0) is 18.7. The predicted molar refractivity (Wildman–Crippen MR) is 103 cm³/mol. The molecular formula is C20H24N2O3S. The number of aryl methyl sites for hydroxylation is 2. The number of hydrazine groups is 1. The fourth-order valence-corrected chi connectivity index (χ4v) is 4.19. The predicted octanol–water partition coefficient (Wildman–Crippen LogP) is 3.47. The molecule has 3 rings (SSSR count). The van der Waals surface area contributed by atoms with Crippen LogP contribution in [-0.4, -0.2) is 17.9 Å². The second-order valence-electron chi connectivity index (χ2n) is 6.66. The number of thiophene rings is 1. The van der Waals surface area contributed by atoms with E-state index < -0.39 is 6.10 Å². The normalized spacial score (nSPS) is 14.3. The van der Waals surface area contributed by atoms with Crippen molar-refractivity contribution in [2.45, 2.75) is 52.6 Å². The molecule has 138 valence electrons. The Morgan fingerprint density at radius 3 is 2.73 bits per heavy atom. The first-order valence-corrected chi connectivity index (χ1v) is 9.77. The van der Waals surface area contributed by atoms with E-state index in [2.05, 4.69) is 10.9 Å². The summed E-state index contributed by atoms with van der Waals surface area (Å²) >= 11 is 1.63. The first-order valence-electron chi connectivity index (χ1n) is 8.89. The molecule has 26 heavy (non-hydrogen) atoms. The summed E-state index contributed by atoms with van der Waals surface area (Å²) in [6.45, 7) is 5.61. The second kappa shape index (κ2) is 7.91. The summed E-state index contributed by atoms with van der Waals surface area (Å²) in [5.41, 5.74) is 8.90. The Hall–Kier alpha value is -2.34. The zero-order valence-corrected chi connectivity index (χ0v) is 16.2. The maximum Gasteiger partial charge on any atom is 0.279 e. The van der Waals surface area contributed by atoms with Gasteiger partial charge < -0.3 is 4.74 Å². The minimum atomic E-state index is -0.716. The second-order valence-corrected chi connectivity index (χ2v) is 7.62. The number of amides is 2. The molecule has 0 fully saturated rings. The van der Waals surface area contributed by atoms with Crippen molar-refractivity contribution in [1.82, 2.24) is 10.9 Å². The molecule has 0 aliphatic heterocycles. The van der Waals surface area contributed by atoms with Gasteiger partial charge in [-0.05, 0) is 69.2 Å². The van der Waals surface area contributed by atoms with Crippen LogP contribution in [0.4, 0.5) is 0 Å². The molecule has 0 radical (unpaired) electrons. The third kappa shape index (κ3) is 3.90. The van der Waals surface area contributed by atoms with E-state index in [1.165, 1.54) is 11.3 Å². The number of fused-ring (bicyclic) bond motifs is 1. The Morgan fingerprint density at radius 1 is 1.15 bits per heavy atom. The van der Waals surface area contributed by atoms with E-state index in [0.717, 1.165) is 36.0 Å². The highest BCUT2D eigenvalue weighted by Gasteiger charge is 2.21. The molecule has 5 nitrogen and oxygen atoms in total. The summed E-state index contributed by atoms with van der Waals surface area (Å²) in [6.07, 6.45) is 3.55. The fraction of sp³-hybridized carbons (Fsp3) is 0.400. The van der Waals surface area contributed by atoms with Crippen molar-refractivity contribution in [1.29, 1.82) is 0 Å². The Labute approximate surface area is 157 Å². The van der Waals surface area contributed by atoms with Crippen molar-refractivity contribution in [3.8, 4) is 5.75 Å². The van der Waals surface area contributed by atoms with Gasteiger partial charge in [-0.15, -0.1) is 11.3 Å². The quantitative estimate of drug-likeness (QED) is 0.808. The van der Waals surface area contributed by atoms with E-state index in [1.54, 1.807) is 18.3 Å². The molecule has 0 spiro atoms. The lowest BCUT2D eigenvalue weighted by atomic mass is 9.96. The van der Waals surface area contributed by atoms with Crippen LogP contribution in [0.3, 0.4) is 0 Å². The first-order chi connectivity index (χ1) is 12.5. The molecule has 6 heteroatoms. The average molecular weight is 372 g/mol. The molecule has 1 heterocycles. The van der Waals surface area contributed by atoms with Crippen molar-refractivity contribution < 1.29 is 14.3 Å². The highest BCUT2D eigenvalue weighted by molar-refractivity contribution is 7.10. The van der Waals surface area contributed by atoms with E-state index in [4.69, 9.17) is 4.74 Å². The zero-order valence-electron chi connectivity index (χ0n) is 15.3. The van der Waals surface area contributed by atoms with Crippen LogP contribution in [0, 0.1) is 13.8 Å². The topological polar surface area (TPSA) is 67.4 Å². The number of carbonyl (C=O) groups excluding carboxylic acids is 2. The summed E-state index contributed by atoms with van der Waals surface area (Å²) in [5, 5.41) is 1.88. The van der Waals surface area contributed by atoms with Gasteiger partial charge in [-0.3, -0.25) is 20.4 Å². The maximum absolute atomic E-state index is 12.4. The molecular weight excluding hydrogens is 348 g/mol. The smallest absolute Gasteiger partial charge is 0.279 e. The van der Waals surface area contributed by atoms with E-state index in [1.807, 2.05) is 37.4 Å². The fourth-order valence-electron chi connectivity index (χ4n) is 3.07. The minimum absolute atomic E-state index is 0.267. The number of carbonyl (C=O) groups is 2. The van der Waals surface area contributed by atoms with Gasteiger partial charge in [0.15, 0.2) is 6.10 Å². The molecule has 1 aliphatic carbocycles. The van der Waals surface area contributed by atoms with Crippen molar-refractivity contribution in [2.24, 2.45) is 0 Å². The lowest BCUT2D eigenvalue weighted by Crippen LogP contribution is -2.47. The van der Waals surface area contributed by atoms with E-state index in [-0.39, 0.29) is 11.8 Å². The molecule has 1 aromatic carbocycles. The molecule has 2 N–H and O–H groups in total. The summed E-state index contributed by atoms with van der Waals surface area (Å²) < 4.78 is 5.74. The number of hydrogen-bond donors (Lipinski definition) is 2. The van der Waals surface area contributed by atoms with Crippen LogP contribution in [0.15, 0.2) is 23.6 Å². The number of rotatable bonds is 4. The van der Waals surface area contributed by atoms with Gasteiger partial charge >= 0.3 is 0 Å². The third-order valence-corrected chi connectivity index (χ3v) is 5.92. The van der Waals surface area contributed by atoms with Gasteiger partial charge in [0.1, 0.15) is 5.75 Å². The molecule has 1 unspecified atom stereocenters. The summed E-state index contributed by atoms with van der Waals surface area (Å²) in [5.74, 6) is 0.0194. The van der Waals surface area contributed by atoms with Crippen LogP contribution in [-0.2, 0) is 17.6 Å². The monoisotopic (exact) mass is 372 g/mol. The van der Waals surface area contributed by atoms with Crippen LogP contribution in [0.5, 0.6) is 5.75 Å². The van der Waals surface area contributed by atoms with Crippen molar-refractivity contribution >= 4 is 23.2 Å². The Morgan fingerprint density at radius 2 is 1.92 bits per heavy atom. The summed E-state index contributed by atoms with van der Waals surface area (Å²) in [4.78, 5) is 26.0. The number of ether oxygens (including phenoxy) is 1. The van der Waals surface area contributed by atoms with E-state index in [0.29, 0.717) is 11.3 Å². The van der Waals surface area contributed by atoms with Gasteiger partial charge in [0.25, 0.3) is 11.8 Å². The highest BCUT2D eigenvalue weighted by Crippen LogP contribution is 2.30. The highest BCUT2D eigenvalue weighted by atomic mass is 32.1. The van der Waals surface area contributed by atoms with Gasteiger partial charge in [-0.2, -0.15) is 0 Å². The molecule has 0 saturated carbocycles. The van der Waals surface area contributed by atoms with Crippen LogP contribution >= 0.6 is 11.3 Å². The van der Waals surface area contributed by atoms with E-state index in [9.17, 15) is 9.59 Å². The van der Waals surface area contributed by atoms with Gasteiger partial charge in [0, 0.05) is 10.3 Å². The molecule has 2 aromatic rings. The third-order valence-electron chi connectivity index (χ3n) is 4.83. The van der Waals surface area contributed by atoms with Crippen LogP contribution < -0.4 is 15.6 Å². The Bertz CT molecular complexity index is 828. The standard InChI is InChI=1S/C20H24N2O3S/c1-12-7-6-9-17(13(12)2)25-14(3)19(23)21-22-20(24)16-11-26-18-10-5-4-8-15(16)18/h6-7,9,11,14H,4-5,8,10H2,1-3H3,(H,21,23)(H,22,24). The molecule has 1 aliphatic rings. The van der Waals surface area contributed by atoms with Crippen LogP contribution in [0.25, 0.3) is 0 Å². The van der Waals surface area contributed by atoms with E-state index >= 15 is 0 Å². The summed E-state index contributed by atoms with van der Waals surface area (Å²) in [6, 6.07) is 5.72. The summed E-state index contributed by atoms with van der Waals surface area (Å²) in [7, 11) is 0. The van der Waals surface area contributed by atoms with Gasteiger partial charge in [0.05, 0.1) is 5.56 Å². The number of benzene rings is 1. The minimum Gasteiger partial charge on any atom is -0.481 e. The molecule has 1 atom stereocenters. The van der Waals surface area contributed by atoms with Crippen molar-refractivity contribution in [3.05, 3.63) is 50.7 Å².